The van der Waals surface area contributed by atoms with Gasteiger partial charge in [0.2, 0.25) is 0 Å². The number of nitrogens with zero attached hydrogens (tertiary/aromatic N) is 1. The van der Waals surface area contributed by atoms with Crippen molar-refractivity contribution in [2.45, 2.75) is 13.5 Å². The standard InChI is InChI=1S/C13H15N5O2/c1-7-8(5-16-18-7)4-15-10-3-11-12(2-9(10)14)20-6-13(19)17-11/h2-3,5,15H,4,6,14H2,1H3,(H,16,18)(H,17,19). The molecule has 2 heterocycles. The van der Waals surface area contributed by atoms with Crippen LogP contribution in [0.15, 0.2) is 18.3 Å². The molecular formula is C13H15N5O2. The number of hydrogen-bond donors (Lipinski definition) is 4. The van der Waals surface area contributed by atoms with Gasteiger partial charge in [-0.15, -0.1) is 0 Å². The lowest BCUT2D eigenvalue weighted by Gasteiger charge is -2.20. The molecule has 1 aliphatic rings. The van der Waals surface area contributed by atoms with E-state index in [1.807, 2.05) is 6.92 Å². The van der Waals surface area contributed by atoms with E-state index in [1.54, 1.807) is 18.3 Å². The number of fused-ring (bicyclic) bond motifs is 1. The third-order valence-corrected chi connectivity index (χ3v) is 3.19. The lowest BCUT2D eigenvalue weighted by molar-refractivity contribution is -0.118. The van der Waals surface area contributed by atoms with Crippen LogP contribution < -0.4 is 21.1 Å². The second-order valence-corrected chi connectivity index (χ2v) is 4.65. The van der Waals surface area contributed by atoms with Gasteiger partial charge in [-0.25, -0.2) is 0 Å². The van der Waals surface area contributed by atoms with Crippen LogP contribution >= 0.6 is 0 Å². The van der Waals surface area contributed by atoms with Gasteiger partial charge in [-0.1, -0.05) is 0 Å². The average molecular weight is 273 g/mol. The minimum absolute atomic E-state index is 0.0213. The van der Waals surface area contributed by atoms with E-state index in [2.05, 4.69) is 20.8 Å². The van der Waals surface area contributed by atoms with E-state index < -0.39 is 0 Å². The zero-order chi connectivity index (χ0) is 14.1. The van der Waals surface area contributed by atoms with Crippen LogP contribution in [-0.2, 0) is 11.3 Å². The summed E-state index contributed by atoms with van der Waals surface area (Å²) in [4.78, 5) is 11.3. The molecule has 20 heavy (non-hydrogen) atoms. The van der Waals surface area contributed by atoms with E-state index in [9.17, 15) is 4.79 Å². The van der Waals surface area contributed by atoms with E-state index in [0.717, 1.165) is 16.9 Å². The van der Waals surface area contributed by atoms with Gasteiger partial charge in [0, 0.05) is 23.9 Å². The molecule has 0 saturated carbocycles. The van der Waals surface area contributed by atoms with Gasteiger partial charge >= 0.3 is 0 Å². The first kappa shape index (κ1) is 12.3. The molecular weight excluding hydrogens is 258 g/mol. The number of carbonyl (C=O) groups is 1. The number of aryl methyl sites for hydroxylation is 1. The number of benzene rings is 1. The molecule has 0 fully saturated rings. The molecule has 3 rings (SSSR count). The van der Waals surface area contributed by atoms with Crippen LogP contribution in [0.5, 0.6) is 5.75 Å². The molecule has 0 saturated heterocycles. The van der Waals surface area contributed by atoms with Crippen molar-refractivity contribution >= 4 is 23.0 Å². The SMILES string of the molecule is Cc1[nH]ncc1CNc1cc2c(cc1N)OCC(=O)N2. The highest BCUT2D eigenvalue weighted by Gasteiger charge is 2.17. The maximum absolute atomic E-state index is 11.3. The third kappa shape index (κ3) is 2.25. The molecule has 0 aliphatic carbocycles. The number of ether oxygens (including phenoxy) is 1. The number of nitrogen functional groups attached to an aromatic ring is 1. The summed E-state index contributed by atoms with van der Waals surface area (Å²) in [6.45, 7) is 2.57. The number of nitrogens with one attached hydrogen (secondary N) is 3. The Morgan fingerprint density at radius 2 is 2.35 bits per heavy atom. The minimum atomic E-state index is -0.168. The molecule has 0 bridgehead atoms. The van der Waals surface area contributed by atoms with E-state index in [-0.39, 0.29) is 12.5 Å². The highest BCUT2D eigenvalue weighted by atomic mass is 16.5. The molecule has 7 nitrogen and oxygen atoms in total. The van der Waals surface area contributed by atoms with Gasteiger partial charge in [0.25, 0.3) is 5.91 Å². The predicted molar refractivity (Wildman–Crippen MR) is 75.6 cm³/mol. The van der Waals surface area contributed by atoms with Gasteiger partial charge in [0.15, 0.2) is 6.61 Å². The molecule has 7 heteroatoms. The van der Waals surface area contributed by atoms with Gasteiger partial charge in [0.1, 0.15) is 5.75 Å². The van der Waals surface area contributed by atoms with E-state index in [0.29, 0.717) is 23.7 Å². The fourth-order valence-electron chi connectivity index (χ4n) is 2.04. The molecule has 1 aromatic heterocycles. The first-order chi connectivity index (χ1) is 9.63. The Bertz CT molecular complexity index is 665. The molecule has 0 spiro atoms. The Kier molecular flexibility index (Phi) is 2.94. The summed E-state index contributed by atoms with van der Waals surface area (Å²) < 4.78 is 5.31. The van der Waals surface area contributed by atoms with Crippen molar-refractivity contribution in [1.82, 2.24) is 10.2 Å². The van der Waals surface area contributed by atoms with Crippen LogP contribution in [0.25, 0.3) is 0 Å². The number of hydrogen-bond acceptors (Lipinski definition) is 5. The quantitative estimate of drug-likeness (QED) is 0.630. The molecule has 1 aliphatic heterocycles. The largest absolute Gasteiger partial charge is 0.482 e. The Balaban J connectivity index is 1.81. The second-order valence-electron chi connectivity index (χ2n) is 4.65. The summed E-state index contributed by atoms with van der Waals surface area (Å²) in [5, 5.41) is 12.8. The number of aromatic amines is 1. The van der Waals surface area contributed by atoms with Crippen molar-refractivity contribution in [3.05, 3.63) is 29.6 Å². The molecule has 0 radical (unpaired) electrons. The number of rotatable bonds is 3. The van der Waals surface area contributed by atoms with Gasteiger partial charge in [0.05, 0.1) is 23.3 Å². The number of nitrogens with two attached hydrogens (primary N) is 1. The molecule has 1 amide bonds. The van der Waals surface area contributed by atoms with Gasteiger partial charge in [-0.2, -0.15) is 5.10 Å². The lowest BCUT2D eigenvalue weighted by Crippen LogP contribution is -2.25. The summed E-state index contributed by atoms with van der Waals surface area (Å²) in [5.74, 6) is 0.422. The summed E-state index contributed by atoms with van der Waals surface area (Å²) >= 11 is 0. The van der Waals surface area contributed by atoms with Gasteiger partial charge in [-0.05, 0) is 13.0 Å². The summed E-state index contributed by atoms with van der Waals surface area (Å²) in [6.07, 6.45) is 1.77. The third-order valence-electron chi connectivity index (χ3n) is 3.19. The Labute approximate surface area is 115 Å². The van der Waals surface area contributed by atoms with Crippen molar-refractivity contribution < 1.29 is 9.53 Å². The van der Waals surface area contributed by atoms with Crippen LogP contribution in [0.2, 0.25) is 0 Å². The lowest BCUT2D eigenvalue weighted by atomic mass is 10.2. The van der Waals surface area contributed by atoms with Gasteiger partial charge < -0.3 is 21.1 Å². The Morgan fingerprint density at radius 3 is 3.10 bits per heavy atom. The maximum Gasteiger partial charge on any atom is 0.262 e. The zero-order valence-electron chi connectivity index (χ0n) is 11.0. The average Bonchev–Trinajstić information content (AvgIpc) is 2.82. The number of aromatic nitrogens is 2. The van der Waals surface area contributed by atoms with Crippen LogP contribution in [0.1, 0.15) is 11.3 Å². The number of H-pyrrole nitrogens is 1. The smallest absolute Gasteiger partial charge is 0.262 e. The predicted octanol–water partition coefficient (Wildman–Crippen LogP) is 1.24. The highest BCUT2D eigenvalue weighted by molar-refractivity contribution is 5.97. The Morgan fingerprint density at radius 1 is 1.50 bits per heavy atom. The topological polar surface area (TPSA) is 105 Å². The summed E-state index contributed by atoms with van der Waals surface area (Å²) in [5.41, 5.74) is 9.98. The zero-order valence-corrected chi connectivity index (χ0v) is 11.0. The van der Waals surface area contributed by atoms with E-state index in [4.69, 9.17) is 10.5 Å². The van der Waals surface area contributed by atoms with Gasteiger partial charge in [-0.3, -0.25) is 9.89 Å². The van der Waals surface area contributed by atoms with Crippen LogP contribution in [0.3, 0.4) is 0 Å². The molecule has 5 N–H and O–H groups in total. The molecule has 0 unspecified atom stereocenters. The number of anilines is 3. The second kappa shape index (κ2) is 4.76. The summed E-state index contributed by atoms with van der Waals surface area (Å²) in [6, 6.07) is 3.48. The fourth-order valence-corrected chi connectivity index (χ4v) is 2.04. The van der Waals surface area contributed by atoms with Crippen LogP contribution in [0, 0.1) is 6.92 Å². The van der Waals surface area contributed by atoms with E-state index >= 15 is 0 Å². The van der Waals surface area contributed by atoms with Crippen molar-refractivity contribution in [1.29, 1.82) is 0 Å². The number of amides is 1. The highest BCUT2D eigenvalue weighted by Crippen LogP contribution is 2.35. The normalized spacial score (nSPS) is 13.3. The molecule has 1 aromatic carbocycles. The fraction of sp³-hybridized carbons (Fsp3) is 0.231. The maximum atomic E-state index is 11.3. The first-order valence-electron chi connectivity index (χ1n) is 6.22. The van der Waals surface area contributed by atoms with Crippen molar-refractivity contribution in [2.75, 3.05) is 23.0 Å². The minimum Gasteiger partial charge on any atom is -0.482 e. The number of carbonyl (C=O) groups excluding carboxylic acids is 1. The van der Waals surface area contributed by atoms with Crippen LogP contribution in [-0.4, -0.2) is 22.7 Å². The molecule has 104 valence electrons. The molecule has 0 atom stereocenters. The summed E-state index contributed by atoms with van der Waals surface area (Å²) in [7, 11) is 0. The van der Waals surface area contributed by atoms with Crippen molar-refractivity contribution in [2.24, 2.45) is 0 Å². The van der Waals surface area contributed by atoms with Crippen LogP contribution in [0.4, 0.5) is 17.1 Å². The first-order valence-corrected chi connectivity index (χ1v) is 6.22. The molecule has 2 aromatic rings. The van der Waals surface area contributed by atoms with Crippen molar-refractivity contribution in [3.63, 3.8) is 0 Å². The Hall–Kier alpha value is -2.70. The van der Waals surface area contributed by atoms with E-state index in [1.165, 1.54) is 0 Å². The van der Waals surface area contributed by atoms with Crippen molar-refractivity contribution in [3.8, 4) is 5.75 Å². The monoisotopic (exact) mass is 273 g/mol.